The lowest BCUT2D eigenvalue weighted by atomic mass is 9.75. The van der Waals surface area contributed by atoms with Crippen molar-refractivity contribution in [2.24, 2.45) is 0 Å². The number of aryl methyl sites for hydroxylation is 1. The molecule has 0 aliphatic rings. The normalized spacial score (nSPS) is 15.3. The molecule has 2 aromatic carbocycles. The molecule has 3 rings (SSSR count). The standard InChI is InChI=1S/C26H27FNO5P/c1-3-4-16-26(24(29)30,34(32)33)25(31,17-19-11-13-21(27)14-12-19)22-15-10-18(2)23(28-22)20-8-6-5-7-9-20/h5-15,31H,3-4,16-17H2,1-2H3,(H-,29,30,32,33)/p+1. The van der Waals surface area contributed by atoms with Crippen molar-refractivity contribution in [3.63, 3.8) is 0 Å². The van der Waals surface area contributed by atoms with Crippen LogP contribution in [0.2, 0.25) is 0 Å². The second kappa shape index (κ2) is 10.5. The third kappa shape index (κ3) is 4.78. The first kappa shape index (κ1) is 25.6. The van der Waals surface area contributed by atoms with E-state index in [0.29, 0.717) is 24.1 Å². The molecule has 0 saturated heterocycles. The maximum atomic E-state index is 13.5. The SMILES string of the molecule is CCCCC(C(=O)O)([P+](=O)O)C(O)(Cc1ccc(F)cc1)c1ccc(C)c(-c2ccccc2)n1. The molecule has 0 aliphatic carbocycles. The molecule has 0 aliphatic heterocycles. The van der Waals surface area contributed by atoms with Crippen LogP contribution in [0.5, 0.6) is 0 Å². The molecule has 0 spiro atoms. The molecular formula is C26H28FNO5P+. The molecule has 178 valence electrons. The van der Waals surface area contributed by atoms with Gasteiger partial charge in [0.25, 0.3) is 0 Å². The smallest absolute Gasteiger partial charge is 0.477 e. The van der Waals surface area contributed by atoms with Crippen LogP contribution in [0.4, 0.5) is 4.39 Å². The van der Waals surface area contributed by atoms with Crippen molar-refractivity contribution >= 4 is 14.0 Å². The Bertz CT molecular complexity index is 1160. The van der Waals surface area contributed by atoms with Crippen molar-refractivity contribution < 1.29 is 28.9 Å². The number of carbonyl (C=O) groups is 1. The molecule has 0 amide bonds. The number of aliphatic carboxylic acids is 1. The van der Waals surface area contributed by atoms with Gasteiger partial charge >= 0.3 is 19.2 Å². The molecule has 34 heavy (non-hydrogen) atoms. The average molecular weight is 484 g/mol. The number of hydrogen-bond acceptors (Lipinski definition) is 4. The van der Waals surface area contributed by atoms with Gasteiger partial charge in [-0.3, -0.25) is 0 Å². The highest BCUT2D eigenvalue weighted by molar-refractivity contribution is 7.41. The lowest BCUT2D eigenvalue weighted by Gasteiger charge is -2.36. The van der Waals surface area contributed by atoms with Gasteiger partial charge in [0.15, 0.2) is 5.60 Å². The number of aromatic nitrogens is 1. The summed E-state index contributed by atoms with van der Waals surface area (Å²) in [6.07, 6.45) is 0.284. The van der Waals surface area contributed by atoms with Crippen molar-refractivity contribution in [1.82, 2.24) is 4.98 Å². The molecule has 3 unspecified atom stereocenters. The lowest BCUT2D eigenvalue weighted by Crippen LogP contribution is -2.56. The molecule has 8 heteroatoms. The molecule has 0 fully saturated rings. The molecule has 3 atom stereocenters. The first-order chi connectivity index (χ1) is 16.2. The Morgan fingerprint density at radius 1 is 1.06 bits per heavy atom. The Balaban J connectivity index is 2.30. The average Bonchev–Trinajstić information content (AvgIpc) is 2.81. The third-order valence-corrected chi connectivity index (χ3v) is 7.64. The van der Waals surface area contributed by atoms with Gasteiger partial charge in [-0.05, 0) is 47.2 Å². The first-order valence-corrected chi connectivity index (χ1v) is 12.3. The van der Waals surface area contributed by atoms with Crippen LogP contribution in [0.15, 0.2) is 66.7 Å². The fraction of sp³-hybridized carbons (Fsp3) is 0.308. The summed E-state index contributed by atoms with van der Waals surface area (Å²) in [5, 5.41) is 20.0. The quantitative estimate of drug-likeness (QED) is 0.334. The number of benzene rings is 2. The van der Waals surface area contributed by atoms with E-state index in [1.165, 1.54) is 30.3 Å². The van der Waals surface area contributed by atoms with E-state index in [1.54, 1.807) is 6.07 Å². The van der Waals surface area contributed by atoms with E-state index in [9.17, 15) is 28.9 Å². The summed E-state index contributed by atoms with van der Waals surface area (Å²) >= 11 is 0. The van der Waals surface area contributed by atoms with Crippen LogP contribution in [0.25, 0.3) is 11.3 Å². The zero-order valence-electron chi connectivity index (χ0n) is 19.1. The van der Waals surface area contributed by atoms with Crippen molar-refractivity contribution in [3.05, 3.63) is 89.4 Å². The highest BCUT2D eigenvalue weighted by Gasteiger charge is 2.71. The molecule has 0 saturated carbocycles. The highest BCUT2D eigenvalue weighted by atomic mass is 31.1. The summed E-state index contributed by atoms with van der Waals surface area (Å²) < 4.78 is 26.3. The number of carboxylic acids is 1. The van der Waals surface area contributed by atoms with Gasteiger partial charge in [-0.15, -0.1) is 0 Å². The zero-order valence-corrected chi connectivity index (χ0v) is 20.0. The minimum atomic E-state index is -3.40. The maximum absolute atomic E-state index is 13.5. The van der Waals surface area contributed by atoms with Crippen molar-refractivity contribution in [2.75, 3.05) is 0 Å². The monoisotopic (exact) mass is 484 g/mol. The summed E-state index contributed by atoms with van der Waals surface area (Å²) in [6, 6.07) is 17.6. The topological polar surface area (TPSA) is 108 Å². The Labute approximate surface area is 199 Å². The number of hydrogen-bond donors (Lipinski definition) is 3. The second-order valence-electron chi connectivity index (χ2n) is 8.43. The van der Waals surface area contributed by atoms with E-state index < -0.39 is 30.6 Å². The third-order valence-electron chi connectivity index (χ3n) is 6.20. The van der Waals surface area contributed by atoms with Crippen molar-refractivity contribution in [1.29, 1.82) is 0 Å². The molecule has 0 bridgehead atoms. The van der Waals surface area contributed by atoms with Crippen molar-refractivity contribution in [2.45, 2.75) is 50.3 Å². The van der Waals surface area contributed by atoms with Gasteiger partial charge in [-0.25, -0.2) is 14.2 Å². The van der Waals surface area contributed by atoms with Gasteiger partial charge in [0.2, 0.25) is 0 Å². The van der Waals surface area contributed by atoms with E-state index in [2.05, 4.69) is 4.98 Å². The van der Waals surface area contributed by atoms with Crippen LogP contribution in [0.3, 0.4) is 0 Å². The number of aliphatic hydroxyl groups is 1. The largest absolute Gasteiger partial charge is 0.527 e. The van der Waals surface area contributed by atoms with E-state index in [1.807, 2.05) is 44.2 Å². The van der Waals surface area contributed by atoms with Crippen LogP contribution in [-0.4, -0.2) is 31.2 Å². The van der Waals surface area contributed by atoms with E-state index in [4.69, 9.17) is 0 Å². The molecule has 6 nitrogen and oxygen atoms in total. The highest BCUT2D eigenvalue weighted by Crippen LogP contribution is 2.53. The Morgan fingerprint density at radius 3 is 2.26 bits per heavy atom. The van der Waals surface area contributed by atoms with E-state index in [0.717, 1.165) is 11.1 Å². The van der Waals surface area contributed by atoms with Gasteiger partial charge in [-0.1, -0.05) is 61.9 Å². The fourth-order valence-corrected chi connectivity index (χ4v) is 5.28. The van der Waals surface area contributed by atoms with Crippen LogP contribution in [0.1, 0.15) is 43.0 Å². The molecular weight excluding hydrogens is 456 g/mol. The van der Waals surface area contributed by atoms with Gasteiger partial charge in [-0.2, -0.15) is 4.89 Å². The molecule has 0 radical (unpaired) electrons. The number of carboxylic acid groups (broad SMARTS) is 1. The molecule has 1 heterocycles. The van der Waals surface area contributed by atoms with Gasteiger partial charge in [0, 0.05) is 18.4 Å². The predicted octanol–water partition coefficient (Wildman–Crippen LogP) is 5.37. The Kier molecular flexibility index (Phi) is 7.93. The fourth-order valence-electron chi connectivity index (χ4n) is 4.25. The summed E-state index contributed by atoms with van der Waals surface area (Å²) in [6.45, 7) is 3.67. The number of pyridine rings is 1. The summed E-state index contributed by atoms with van der Waals surface area (Å²) in [5.74, 6) is -2.08. The van der Waals surface area contributed by atoms with Crippen LogP contribution in [0, 0.1) is 12.7 Å². The van der Waals surface area contributed by atoms with Gasteiger partial charge in [0.05, 0.1) is 11.4 Å². The summed E-state index contributed by atoms with van der Waals surface area (Å²) in [4.78, 5) is 27.7. The van der Waals surface area contributed by atoms with Gasteiger partial charge in [0.1, 0.15) is 5.82 Å². The number of unbranched alkanes of at least 4 members (excludes halogenated alkanes) is 1. The zero-order chi connectivity index (χ0) is 24.9. The van der Waals surface area contributed by atoms with Crippen molar-refractivity contribution in [3.8, 4) is 11.3 Å². The lowest BCUT2D eigenvalue weighted by molar-refractivity contribution is -0.151. The minimum absolute atomic E-state index is 0.0304. The van der Waals surface area contributed by atoms with Crippen LogP contribution >= 0.6 is 8.03 Å². The van der Waals surface area contributed by atoms with E-state index in [-0.39, 0.29) is 18.5 Å². The molecule has 1 aromatic heterocycles. The second-order valence-corrected chi connectivity index (χ2v) is 9.74. The van der Waals surface area contributed by atoms with Crippen LogP contribution in [-0.2, 0) is 21.4 Å². The summed E-state index contributed by atoms with van der Waals surface area (Å²) in [5.41, 5.74) is 0.101. The molecule has 3 aromatic rings. The first-order valence-electron chi connectivity index (χ1n) is 11.1. The number of rotatable bonds is 10. The predicted molar refractivity (Wildman–Crippen MR) is 128 cm³/mol. The maximum Gasteiger partial charge on any atom is 0.527 e. The molecule has 3 N–H and O–H groups in total. The van der Waals surface area contributed by atoms with Gasteiger partial charge < -0.3 is 10.2 Å². The minimum Gasteiger partial charge on any atom is -0.477 e. The summed E-state index contributed by atoms with van der Waals surface area (Å²) in [7, 11) is -3.40. The number of nitrogens with zero attached hydrogens (tertiary/aromatic N) is 1. The van der Waals surface area contributed by atoms with E-state index >= 15 is 0 Å². The Hall–Kier alpha value is -2.99. The number of halogens is 1. The van der Waals surface area contributed by atoms with Crippen LogP contribution < -0.4 is 0 Å². The Morgan fingerprint density at radius 2 is 1.71 bits per heavy atom.